The van der Waals surface area contributed by atoms with Crippen LogP contribution < -0.4 is 5.43 Å². The van der Waals surface area contributed by atoms with Crippen LogP contribution in [0, 0.1) is 0 Å². The van der Waals surface area contributed by atoms with E-state index in [1.54, 1.807) is 12.1 Å². The summed E-state index contributed by atoms with van der Waals surface area (Å²) in [6, 6.07) is 16.8. The topological polar surface area (TPSA) is 30.2 Å². The molecule has 0 atom stereocenters. The van der Waals surface area contributed by atoms with E-state index in [2.05, 4.69) is 0 Å². The van der Waals surface area contributed by atoms with Gasteiger partial charge >= 0.3 is 0 Å². The van der Waals surface area contributed by atoms with Crippen molar-refractivity contribution >= 4 is 22.6 Å². The van der Waals surface area contributed by atoms with Gasteiger partial charge in [0.1, 0.15) is 11.3 Å². The smallest absolute Gasteiger partial charge is 0.197 e. The molecule has 0 spiro atoms. The van der Waals surface area contributed by atoms with Crippen LogP contribution in [0.3, 0.4) is 0 Å². The Morgan fingerprint density at radius 1 is 0.947 bits per heavy atom. The highest BCUT2D eigenvalue weighted by Gasteiger charge is 2.14. The highest BCUT2D eigenvalue weighted by Crippen LogP contribution is 2.26. The maximum Gasteiger partial charge on any atom is 0.197 e. The van der Waals surface area contributed by atoms with Gasteiger partial charge < -0.3 is 4.42 Å². The van der Waals surface area contributed by atoms with Gasteiger partial charge in [0.05, 0.1) is 16.8 Å². The maximum absolute atomic E-state index is 12.4. The molecule has 0 aliphatic heterocycles. The first-order valence-electron chi connectivity index (χ1n) is 5.97. The van der Waals surface area contributed by atoms with E-state index in [4.69, 9.17) is 16.0 Å². The third-order valence-electron chi connectivity index (χ3n) is 3.06. The molecule has 0 saturated carbocycles. The zero-order chi connectivity index (χ0) is 13.2. The SMILES string of the molecule is O=c1c(CCl)c(-c2ccccc2)oc2ccccc12. The van der Waals surface area contributed by atoms with E-state index in [-0.39, 0.29) is 11.3 Å². The molecule has 1 aromatic heterocycles. The predicted octanol–water partition coefficient (Wildman–Crippen LogP) is 4.20. The summed E-state index contributed by atoms with van der Waals surface area (Å²) in [5.41, 5.74) is 1.89. The van der Waals surface area contributed by atoms with Crippen LogP contribution in [0.15, 0.2) is 63.8 Å². The maximum atomic E-state index is 12.4. The van der Waals surface area contributed by atoms with E-state index in [9.17, 15) is 4.79 Å². The first-order valence-corrected chi connectivity index (χ1v) is 6.51. The average Bonchev–Trinajstić information content (AvgIpc) is 2.48. The molecular weight excluding hydrogens is 260 g/mol. The summed E-state index contributed by atoms with van der Waals surface area (Å²) in [5.74, 6) is 0.691. The molecule has 0 saturated heterocycles. The molecule has 0 bridgehead atoms. The molecule has 0 radical (unpaired) electrons. The van der Waals surface area contributed by atoms with Crippen LogP contribution in [0.4, 0.5) is 0 Å². The minimum atomic E-state index is -0.0595. The molecule has 94 valence electrons. The van der Waals surface area contributed by atoms with Crippen LogP contribution in [0.2, 0.25) is 0 Å². The number of hydrogen-bond donors (Lipinski definition) is 0. The number of rotatable bonds is 2. The lowest BCUT2D eigenvalue weighted by molar-refractivity contribution is 0.613. The second kappa shape index (κ2) is 4.90. The van der Waals surface area contributed by atoms with Crippen molar-refractivity contribution < 1.29 is 4.42 Å². The highest BCUT2D eigenvalue weighted by molar-refractivity contribution is 6.17. The van der Waals surface area contributed by atoms with Crippen molar-refractivity contribution in [1.29, 1.82) is 0 Å². The number of fused-ring (bicyclic) bond motifs is 1. The molecule has 0 aliphatic carbocycles. The lowest BCUT2D eigenvalue weighted by Gasteiger charge is -2.07. The van der Waals surface area contributed by atoms with E-state index in [0.29, 0.717) is 22.3 Å². The second-order valence-corrected chi connectivity index (χ2v) is 4.50. The fourth-order valence-corrected chi connectivity index (χ4v) is 2.37. The standard InChI is InChI=1S/C16H11ClO2/c17-10-13-15(18)12-8-4-5-9-14(12)19-16(13)11-6-2-1-3-7-11/h1-9H,10H2. The molecule has 2 aromatic carbocycles. The Bertz CT molecular complexity index is 776. The number of hydrogen-bond acceptors (Lipinski definition) is 2. The van der Waals surface area contributed by atoms with Crippen molar-refractivity contribution in [3.63, 3.8) is 0 Å². The number of para-hydroxylation sites is 1. The lowest BCUT2D eigenvalue weighted by atomic mass is 10.1. The fraction of sp³-hybridized carbons (Fsp3) is 0.0625. The fourth-order valence-electron chi connectivity index (χ4n) is 2.12. The van der Waals surface area contributed by atoms with E-state index in [1.807, 2.05) is 42.5 Å². The van der Waals surface area contributed by atoms with E-state index in [0.717, 1.165) is 5.56 Å². The Labute approximate surface area is 115 Å². The van der Waals surface area contributed by atoms with Crippen LogP contribution in [-0.2, 0) is 5.88 Å². The lowest BCUT2D eigenvalue weighted by Crippen LogP contribution is -2.09. The Hall–Kier alpha value is -2.06. The van der Waals surface area contributed by atoms with Crippen molar-refractivity contribution in [2.45, 2.75) is 5.88 Å². The van der Waals surface area contributed by atoms with E-state index in [1.165, 1.54) is 0 Å². The summed E-state index contributed by atoms with van der Waals surface area (Å²) >= 11 is 5.93. The number of alkyl halides is 1. The summed E-state index contributed by atoms with van der Waals surface area (Å²) in [7, 11) is 0. The average molecular weight is 271 g/mol. The molecule has 0 N–H and O–H groups in total. The van der Waals surface area contributed by atoms with Gasteiger partial charge in [-0.3, -0.25) is 4.79 Å². The molecular formula is C16H11ClO2. The van der Waals surface area contributed by atoms with Crippen LogP contribution >= 0.6 is 11.6 Å². The molecule has 0 aliphatic rings. The van der Waals surface area contributed by atoms with Gasteiger partial charge in [-0.25, -0.2) is 0 Å². The molecule has 0 fully saturated rings. The van der Waals surface area contributed by atoms with Crippen LogP contribution in [0.25, 0.3) is 22.3 Å². The van der Waals surface area contributed by atoms with Gasteiger partial charge in [0.25, 0.3) is 0 Å². The Morgan fingerprint density at radius 3 is 2.37 bits per heavy atom. The van der Waals surface area contributed by atoms with Gasteiger partial charge in [0, 0.05) is 5.56 Å². The Kier molecular flexibility index (Phi) is 3.10. The Balaban J connectivity index is 2.39. The highest BCUT2D eigenvalue weighted by atomic mass is 35.5. The van der Waals surface area contributed by atoms with E-state index >= 15 is 0 Å². The van der Waals surface area contributed by atoms with Crippen LogP contribution in [-0.4, -0.2) is 0 Å². The minimum Gasteiger partial charge on any atom is -0.455 e. The largest absolute Gasteiger partial charge is 0.455 e. The van der Waals surface area contributed by atoms with Crippen molar-refractivity contribution in [2.75, 3.05) is 0 Å². The normalized spacial score (nSPS) is 10.8. The molecule has 19 heavy (non-hydrogen) atoms. The molecule has 2 nitrogen and oxygen atoms in total. The predicted molar refractivity (Wildman–Crippen MR) is 77.5 cm³/mol. The van der Waals surface area contributed by atoms with Gasteiger partial charge in [-0.15, -0.1) is 11.6 Å². The molecule has 1 heterocycles. The second-order valence-electron chi connectivity index (χ2n) is 4.23. The summed E-state index contributed by atoms with van der Waals surface area (Å²) in [6.45, 7) is 0. The third kappa shape index (κ3) is 2.04. The first-order chi connectivity index (χ1) is 9.31. The first kappa shape index (κ1) is 12.0. The summed E-state index contributed by atoms with van der Waals surface area (Å²) in [6.07, 6.45) is 0. The monoisotopic (exact) mass is 270 g/mol. The summed E-state index contributed by atoms with van der Waals surface area (Å²) in [5, 5.41) is 0.567. The third-order valence-corrected chi connectivity index (χ3v) is 3.33. The number of halogens is 1. The van der Waals surface area contributed by atoms with Crippen molar-refractivity contribution in [2.24, 2.45) is 0 Å². The number of benzene rings is 2. The van der Waals surface area contributed by atoms with Crippen molar-refractivity contribution in [1.82, 2.24) is 0 Å². The van der Waals surface area contributed by atoms with Gasteiger partial charge in [-0.1, -0.05) is 42.5 Å². The minimum absolute atomic E-state index is 0.0595. The Morgan fingerprint density at radius 2 is 1.63 bits per heavy atom. The van der Waals surface area contributed by atoms with Crippen molar-refractivity contribution in [3.8, 4) is 11.3 Å². The summed E-state index contributed by atoms with van der Waals surface area (Å²) < 4.78 is 5.87. The van der Waals surface area contributed by atoms with Gasteiger partial charge in [0.2, 0.25) is 0 Å². The summed E-state index contributed by atoms with van der Waals surface area (Å²) in [4.78, 5) is 12.4. The van der Waals surface area contributed by atoms with Gasteiger partial charge in [-0.2, -0.15) is 0 Å². The van der Waals surface area contributed by atoms with E-state index < -0.39 is 0 Å². The van der Waals surface area contributed by atoms with Crippen molar-refractivity contribution in [3.05, 3.63) is 70.4 Å². The molecule has 3 heteroatoms. The van der Waals surface area contributed by atoms with Gasteiger partial charge in [0.15, 0.2) is 5.43 Å². The van der Waals surface area contributed by atoms with Gasteiger partial charge in [-0.05, 0) is 12.1 Å². The molecule has 3 aromatic rings. The van der Waals surface area contributed by atoms with Crippen LogP contribution in [0.1, 0.15) is 5.56 Å². The zero-order valence-electron chi connectivity index (χ0n) is 10.1. The van der Waals surface area contributed by atoms with Crippen LogP contribution in [0.5, 0.6) is 0 Å². The molecule has 3 rings (SSSR count). The zero-order valence-corrected chi connectivity index (χ0v) is 10.9. The molecule has 0 amide bonds. The quantitative estimate of drug-likeness (QED) is 0.653. The molecule has 0 unspecified atom stereocenters.